The number of nitrogens with zero attached hydrogens (tertiary/aromatic N) is 1. The summed E-state index contributed by atoms with van der Waals surface area (Å²) in [5, 5.41) is 10.3. The van der Waals surface area contributed by atoms with Crippen LogP contribution in [-0.4, -0.2) is 9.91 Å². The van der Waals surface area contributed by atoms with Crippen molar-refractivity contribution in [3.8, 4) is 0 Å². The third-order valence-corrected chi connectivity index (χ3v) is 1.67. The van der Waals surface area contributed by atoms with Crippen LogP contribution in [-0.2, 0) is 0 Å². The van der Waals surface area contributed by atoms with Gasteiger partial charge in [-0.3, -0.25) is 15.1 Å². The molecule has 0 amide bonds. The van der Waals surface area contributed by atoms with Crippen molar-refractivity contribution >= 4 is 16.8 Å². The van der Waals surface area contributed by atoms with Crippen molar-refractivity contribution in [2.75, 3.05) is 0 Å². The third-order valence-electron chi connectivity index (χ3n) is 1.67. The Bertz CT molecular complexity index is 571. The van der Waals surface area contributed by atoms with Gasteiger partial charge in [0, 0.05) is 6.07 Å². The predicted octanol–water partition coefficient (Wildman–Crippen LogP) is 1.17. The Hall–Kier alpha value is -2.18. The second-order valence-electron chi connectivity index (χ2n) is 2.58. The molecule has 72 valence electrons. The van der Waals surface area contributed by atoms with Gasteiger partial charge in [-0.15, -0.1) is 0 Å². The van der Waals surface area contributed by atoms with Gasteiger partial charge in [0.25, 0.3) is 5.69 Å². The lowest BCUT2D eigenvalue weighted by molar-refractivity contribution is -0.384. The minimum absolute atomic E-state index is 0.0262. The van der Waals surface area contributed by atoms with Gasteiger partial charge < -0.3 is 4.42 Å². The third kappa shape index (κ3) is 1.15. The van der Waals surface area contributed by atoms with Gasteiger partial charge in [-0.05, 0) is 0 Å². The van der Waals surface area contributed by atoms with Crippen LogP contribution in [0.5, 0.6) is 0 Å². The molecule has 0 radical (unpaired) electrons. The number of hydrogen-bond donors (Lipinski definition) is 1. The maximum atomic E-state index is 13.1. The molecule has 0 unspecified atom stereocenters. The molecule has 0 bridgehead atoms. The average Bonchev–Trinajstić information content (AvgIpc) is 2.45. The van der Waals surface area contributed by atoms with E-state index >= 15 is 0 Å². The van der Waals surface area contributed by atoms with Crippen molar-refractivity contribution in [3.63, 3.8) is 0 Å². The number of halogens is 1. The number of benzene rings is 1. The van der Waals surface area contributed by atoms with Crippen LogP contribution in [0, 0.1) is 15.9 Å². The lowest BCUT2D eigenvalue weighted by Crippen LogP contribution is -1.93. The van der Waals surface area contributed by atoms with Gasteiger partial charge in [-0.2, -0.15) is 0 Å². The molecule has 2 rings (SSSR count). The predicted molar refractivity (Wildman–Crippen MR) is 43.4 cm³/mol. The van der Waals surface area contributed by atoms with Crippen molar-refractivity contribution < 1.29 is 13.7 Å². The highest BCUT2D eigenvalue weighted by Gasteiger charge is 2.14. The summed E-state index contributed by atoms with van der Waals surface area (Å²) in [5.41, 5.74) is -0.769. The van der Waals surface area contributed by atoms with E-state index in [1.165, 1.54) is 0 Å². The molecule has 0 atom stereocenters. The molecule has 1 heterocycles. The second-order valence-corrected chi connectivity index (χ2v) is 2.58. The van der Waals surface area contributed by atoms with Crippen LogP contribution in [0.1, 0.15) is 0 Å². The molecule has 1 aromatic heterocycles. The minimum atomic E-state index is -0.937. The average molecular weight is 198 g/mol. The van der Waals surface area contributed by atoms with Gasteiger partial charge in [-0.1, -0.05) is 0 Å². The number of nitro benzene ring substituents is 1. The summed E-state index contributed by atoms with van der Waals surface area (Å²) in [6.07, 6.45) is 0. The zero-order valence-corrected chi connectivity index (χ0v) is 6.61. The number of aromatic nitrogens is 1. The zero-order valence-electron chi connectivity index (χ0n) is 6.61. The van der Waals surface area contributed by atoms with Gasteiger partial charge in [0.15, 0.2) is 11.4 Å². The maximum Gasteiger partial charge on any atom is 0.417 e. The molecular formula is C7H3FN2O4. The SMILES string of the molecule is O=c1[nH]c2cc([N+](=O)[O-])cc(F)c2o1. The highest BCUT2D eigenvalue weighted by Crippen LogP contribution is 2.21. The van der Waals surface area contributed by atoms with Crippen LogP contribution in [0.4, 0.5) is 10.1 Å². The number of oxazole rings is 1. The van der Waals surface area contributed by atoms with Gasteiger partial charge in [-0.25, -0.2) is 9.18 Å². The Morgan fingerprint density at radius 1 is 1.50 bits per heavy atom. The fourth-order valence-corrected chi connectivity index (χ4v) is 1.11. The van der Waals surface area contributed by atoms with Gasteiger partial charge in [0.05, 0.1) is 16.5 Å². The van der Waals surface area contributed by atoms with E-state index in [0.29, 0.717) is 6.07 Å². The molecule has 0 aliphatic heterocycles. The number of non-ortho nitro benzene ring substituents is 1. The van der Waals surface area contributed by atoms with Gasteiger partial charge in [0.1, 0.15) is 0 Å². The molecule has 1 N–H and O–H groups in total. The fourth-order valence-electron chi connectivity index (χ4n) is 1.11. The van der Waals surface area contributed by atoms with E-state index in [-0.39, 0.29) is 11.1 Å². The van der Waals surface area contributed by atoms with Crippen LogP contribution in [0.2, 0.25) is 0 Å². The van der Waals surface area contributed by atoms with Crippen molar-refractivity contribution in [3.05, 3.63) is 38.6 Å². The number of H-pyrrole nitrogens is 1. The molecule has 0 saturated carbocycles. The van der Waals surface area contributed by atoms with Crippen molar-refractivity contribution in [2.45, 2.75) is 0 Å². The van der Waals surface area contributed by atoms with Crippen molar-refractivity contribution in [1.29, 1.82) is 0 Å². The van der Waals surface area contributed by atoms with Crippen LogP contribution in [0.3, 0.4) is 0 Å². The van der Waals surface area contributed by atoms with Crippen molar-refractivity contribution in [1.82, 2.24) is 4.98 Å². The van der Waals surface area contributed by atoms with E-state index in [1.807, 2.05) is 0 Å². The largest absolute Gasteiger partial charge is 0.417 e. The number of rotatable bonds is 1. The Morgan fingerprint density at radius 2 is 2.21 bits per heavy atom. The first-order valence-corrected chi connectivity index (χ1v) is 3.54. The van der Waals surface area contributed by atoms with E-state index in [1.54, 1.807) is 0 Å². The first-order valence-electron chi connectivity index (χ1n) is 3.54. The summed E-state index contributed by atoms with van der Waals surface area (Å²) in [5.74, 6) is -1.79. The highest BCUT2D eigenvalue weighted by molar-refractivity contribution is 5.75. The Balaban J connectivity index is 2.84. The molecule has 0 aliphatic rings. The Morgan fingerprint density at radius 3 is 2.86 bits per heavy atom. The summed E-state index contributed by atoms with van der Waals surface area (Å²) in [6.45, 7) is 0. The normalized spacial score (nSPS) is 10.6. The highest BCUT2D eigenvalue weighted by atomic mass is 19.1. The summed E-state index contributed by atoms with van der Waals surface area (Å²) < 4.78 is 17.5. The molecule has 6 nitrogen and oxygen atoms in total. The van der Waals surface area contributed by atoms with Crippen LogP contribution in [0.15, 0.2) is 21.3 Å². The van der Waals surface area contributed by atoms with Crippen LogP contribution in [0.25, 0.3) is 11.1 Å². The summed E-state index contributed by atoms with van der Waals surface area (Å²) in [4.78, 5) is 22.4. The number of nitrogens with one attached hydrogen (secondary N) is 1. The standard InChI is InChI=1S/C7H3FN2O4/c8-4-1-3(10(12)13)2-5-6(4)14-7(11)9-5/h1-2H,(H,9,11). The van der Waals surface area contributed by atoms with E-state index in [9.17, 15) is 19.3 Å². The van der Waals surface area contributed by atoms with Gasteiger partial charge >= 0.3 is 5.76 Å². The van der Waals surface area contributed by atoms with E-state index in [2.05, 4.69) is 9.40 Å². The maximum absolute atomic E-state index is 13.1. The minimum Gasteiger partial charge on any atom is -0.405 e. The molecule has 2 aromatic rings. The van der Waals surface area contributed by atoms with E-state index in [4.69, 9.17) is 0 Å². The molecule has 0 spiro atoms. The monoisotopic (exact) mass is 198 g/mol. The van der Waals surface area contributed by atoms with Crippen LogP contribution >= 0.6 is 0 Å². The van der Waals surface area contributed by atoms with Crippen LogP contribution < -0.4 is 5.76 Å². The van der Waals surface area contributed by atoms with Crippen molar-refractivity contribution in [2.24, 2.45) is 0 Å². The zero-order chi connectivity index (χ0) is 10.3. The lowest BCUT2D eigenvalue weighted by Gasteiger charge is -1.91. The molecular weight excluding hydrogens is 195 g/mol. The van der Waals surface area contributed by atoms with Gasteiger partial charge in [0.2, 0.25) is 0 Å². The summed E-state index contributed by atoms with van der Waals surface area (Å²) in [7, 11) is 0. The smallest absolute Gasteiger partial charge is 0.405 e. The summed E-state index contributed by atoms with van der Waals surface area (Å²) >= 11 is 0. The summed E-state index contributed by atoms with van der Waals surface area (Å²) in [6, 6.07) is 1.72. The Labute approximate surface area is 75.1 Å². The number of aromatic amines is 1. The quantitative estimate of drug-likeness (QED) is 0.550. The Kier molecular flexibility index (Phi) is 1.60. The molecule has 1 aromatic carbocycles. The molecule has 0 fully saturated rings. The van der Waals surface area contributed by atoms with E-state index < -0.39 is 22.2 Å². The molecule has 14 heavy (non-hydrogen) atoms. The first kappa shape index (κ1) is 8.42. The van der Waals surface area contributed by atoms with E-state index in [0.717, 1.165) is 6.07 Å². The fraction of sp³-hybridized carbons (Fsp3) is 0. The molecule has 0 saturated heterocycles. The lowest BCUT2D eigenvalue weighted by atomic mass is 10.3. The molecule has 0 aliphatic carbocycles. The number of nitro groups is 1. The number of fused-ring (bicyclic) bond motifs is 1. The number of hydrogen-bond acceptors (Lipinski definition) is 4. The topological polar surface area (TPSA) is 89.1 Å². The second kappa shape index (κ2) is 2.66. The molecule has 7 heteroatoms. The first-order chi connectivity index (χ1) is 6.58.